The number of likely N-dealkylation sites (tertiary alicyclic amines) is 1. The molecule has 3 rings (SSSR count). The van der Waals surface area contributed by atoms with E-state index in [1.165, 1.54) is 24.2 Å². The summed E-state index contributed by atoms with van der Waals surface area (Å²) in [6.07, 6.45) is 2.46. The summed E-state index contributed by atoms with van der Waals surface area (Å²) in [6.45, 7) is 5.12. The number of nitrogens with zero attached hydrogens (tertiary/aromatic N) is 2. The van der Waals surface area contributed by atoms with Crippen LogP contribution in [0.1, 0.15) is 35.8 Å². The summed E-state index contributed by atoms with van der Waals surface area (Å²) in [7, 11) is 0. The minimum absolute atomic E-state index is 0.0610. The fourth-order valence-corrected chi connectivity index (χ4v) is 3.65. The van der Waals surface area contributed by atoms with Gasteiger partial charge in [0.05, 0.1) is 5.69 Å². The molecule has 0 aliphatic carbocycles. The summed E-state index contributed by atoms with van der Waals surface area (Å²) in [6, 6.07) is 2.74. The van der Waals surface area contributed by atoms with Gasteiger partial charge in [-0.05, 0) is 37.4 Å². The molecule has 1 fully saturated rings. The largest absolute Gasteiger partial charge is 0.298 e. The first kappa shape index (κ1) is 17.0. The Morgan fingerprint density at radius 2 is 2.12 bits per heavy atom. The van der Waals surface area contributed by atoms with Crippen molar-refractivity contribution in [1.29, 1.82) is 0 Å². The van der Waals surface area contributed by atoms with Crippen LogP contribution in [0.3, 0.4) is 0 Å². The van der Waals surface area contributed by atoms with Crippen molar-refractivity contribution < 1.29 is 13.6 Å². The number of thiazole rings is 1. The van der Waals surface area contributed by atoms with Gasteiger partial charge in [-0.1, -0.05) is 6.92 Å². The summed E-state index contributed by atoms with van der Waals surface area (Å²) in [4.78, 5) is 18.8. The van der Waals surface area contributed by atoms with Crippen molar-refractivity contribution in [3.8, 4) is 0 Å². The second-order valence-electron chi connectivity index (χ2n) is 6.24. The molecular formula is C17H19F2N3OS. The number of benzene rings is 1. The molecule has 0 bridgehead atoms. The highest BCUT2D eigenvalue weighted by Gasteiger charge is 2.18. The molecule has 2 heterocycles. The summed E-state index contributed by atoms with van der Waals surface area (Å²) in [5.74, 6) is -1.43. The van der Waals surface area contributed by atoms with Gasteiger partial charge in [0.2, 0.25) is 0 Å². The Morgan fingerprint density at radius 3 is 2.83 bits per heavy atom. The van der Waals surface area contributed by atoms with E-state index in [1.54, 1.807) is 0 Å². The Labute approximate surface area is 143 Å². The zero-order valence-electron chi connectivity index (χ0n) is 13.4. The molecule has 0 saturated carbocycles. The number of hydrogen-bond donors (Lipinski definition) is 1. The van der Waals surface area contributed by atoms with Crippen LogP contribution in [0.25, 0.3) is 0 Å². The van der Waals surface area contributed by atoms with E-state index >= 15 is 0 Å². The maximum Gasteiger partial charge on any atom is 0.257 e. The number of hydrogen-bond acceptors (Lipinski definition) is 4. The number of halogens is 2. The van der Waals surface area contributed by atoms with E-state index in [1.807, 2.05) is 5.38 Å². The third kappa shape index (κ3) is 4.36. The number of rotatable bonds is 4. The minimum Gasteiger partial charge on any atom is -0.298 e. The SMILES string of the molecule is C[C@H]1CCCN(Cc2csc(NC(=O)c3cc(F)cc(F)c3)n2)C1. The van der Waals surface area contributed by atoms with Crippen molar-refractivity contribution in [2.75, 3.05) is 18.4 Å². The highest BCUT2D eigenvalue weighted by molar-refractivity contribution is 7.13. The van der Waals surface area contributed by atoms with Crippen molar-refractivity contribution >= 4 is 22.4 Å². The minimum atomic E-state index is -0.779. The van der Waals surface area contributed by atoms with Gasteiger partial charge in [0, 0.05) is 30.1 Å². The van der Waals surface area contributed by atoms with Gasteiger partial charge in [-0.3, -0.25) is 15.0 Å². The highest BCUT2D eigenvalue weighted by atomic mass is 32.1. The van der Waals surface area contributed by atoms with Crippen molar-refractivity contribution in [3.63, 3.8) is 0 Å². The molecule has 24 heavy (non-hydrogen) atoms. The van der Waals surface area contributed by atoms with Crippen LogP contribution in [0.4, 0.5) is 13.9 Å². The van der Waals surface area contributed by atoms with Gasteiger partial charge in [-0.25, -0.2) is 13.8 Å². The van der Waals surface area contributed by atoms with Crippen molar-refractivity contribution in [3.05, 3.63) is 46.5 Å². The van der Waals surface area contributed by atoms with Gasteiger partial charge < -0.3 is 0 Å². The van der Waals surface area contributed by atoms with Crippen LogP contribution in [0.2, 0.25) is 0 Å². The van der Waals surface area contributed by atoms with Crippen molar-refractivity contribution in [1.82, 2.24) is 9.88 Å². The van der Waals surface area contributed by atoms with Crippen LogP contribution in [-0.2, 0) is 6.54 Å². The smallest absolute Gasteiger partial charge is 0.257 e. The Morgan fingerprint density at radius 1 is 1.38 bits per heavy atom. The lowest BCUT2D eigenvalue weighted by Gasteiger charge is -2.30. The number of anilines is 1. The van der Waals surface area contributed by atoms with E-state index in [4.69, 9.17) is 0 Å². The zero-order valence-corrected chi connectivity index (χ0v) is 14.2. The number of carbonyl (C=O) groups excluding carboxylic acids is 1. The van der Waals surface area contributed by atoms with Crippen LogP contribution >= 0.6 is 11.3 Å². The molecule has 7 heteroatoms. The van der Waals surface area contributed by atoms with Crippen LogP contribution in [0.15, 0.2) is 23.6 Å². The number of piperidine rings is 1. The van der Waals surface area contributed by atoms with Crippen LogP contribution in [-0.4, -0.2) is 28.9 Å². The highest BCUT2D eigenvalue weighted by Crippen LogP contribution is 2.21. The maximum absolute atomic E-state index is 13.2. The van der Waals surface area contributed by atoms with Crippen LogP contribution in [0, 0.1) is 17.6 Å². The summed E-state index contributed by atoms with van der Waals surface area (Å²) < 4.78 is 26.4. The van der Waals surface area contributed by atoms with Gasteiger partial charge >= 0.3 is 0 Å². The van der Waals surface area contributed by atoms with E-state index in [0.717, 1.165) is 43.5 Å². The summed E-state index contributed by atoms with van der Waals surface area (Å²) in [5, 5.41) is 4.93. The second-order valence-corrected chi connectivity index (χ2v) is 7.10. The average molecular weight is 351 g/mol. The number of aromatic nitrogens is 1. The van der Waals surface area contributed by atoms with E-state index < -0.39 is 17.5 Å². The predicted molar refractivity (Wildman–Crippen MR) is 90.1 cm³/mol. The molecule has 1 aromatic carbocycles. The predicted octanol–water partition coefficient (Wildman–Crippen LogP) is 3.91. The molecule has 2 aromatic rings. The fraction of sp³-hybridized carbons (Fsp3) is 0.412. The molecule has 4 nitrogen and oxygen atoms in total. The first-order valence-corrected chi connectivity index (χ1v) is 8.82. The van der Waals surface area contributed by atoms with Gasteiger partial charge in [0.15, 0.2) is 5.13 Å². The number of amides is 1. The fourth-order valence-electron chi connectivity index (χ4n) is 2.95. The standard InChI is InChI=1S/C17H19F2N3OS/c1-11-3-2-4-22(8-11)9-15-10-24-17(20-15)21-16(23)12-5-13(18)7-14(19)6-12/h5-7,10-11H,2-4,8-9H2,1H3,(H,20,21,23)/t11-/m0/s1. The molecule has 1 aliphatic heterocycles. The van der Waals surface area contributed by atoms with Gasteiger partial charge in [0.25, 0.3) is 5.91 Å². The second kappa shape index (κ2) is 7.36. The lowest BCUT2D eigenvalue weighted by molar-refractivity contribution is 0.102. The van der Waals surface area contributed by atoms with E-state index in [2.05, 4.69) is 22.1 Å². The molecule has 1 atom stereocenters. The molecule has 0 unspecified atom stereocenters. The molecule has 1 N–H and O–H groups in total. The quantitative estimate of drug-likeness (QED) is 0.908. The maximum atomic E-state index is 13.2. The molecule has 1 saturated heterocycles. The first-order valence-electron chi connectivity index (χ1n) is 7.94. The third-order valence-electron chi connectivity index (χ3n) is 4.02. The van der Waals surface area contributed by atoms with Crippen LogP contribution < -0.4 is 5.32 Å². The number of nitrogens with one attached hydrogen (secondary N) is 1. The Hall–Kier alpha value is -1.86. The van der Waals surface area contributed by atoms with E-state index in [-0.39, 0.29) is 5.56 Å². The van der Waals surface area contributed by atoms with E-state index in [0.29, 0.717) is 11.0 Å². The van der Waals surface area contributed by atoms with Gasteiger partial charge in [-0.2, -0.15) is 0 Å². The Kier molecular flexibility index (Phi) is 5.20. The summed E-state index contributed by atoms with van der Waals surface area (Å²) >= 11 is 1.31. The monoisotopic (exact) mass is 351 g/mol. The molecule has 1 aromatic heterocycles. The molecule has 0 spiro atoms. The van der Waals surface area contributed by atoms with Crippen molar-refractivity contribution in [2.45, 2.75) is 26.3 Å². The Bertz CT molecular complexity index is 714. The van der Waals surface area contributed by atoms with Gasteiger partial charge in [-0.15, -0.1) is 11.3 Å². The lowest BCUT2D eigenvalue weighted by Crippen LogP contribution is -2.33. The normalized spacial score (nSPS) is 18.5. The molecule has 0 radical (unpaired) electrons. The molecule has 1 aliphatic rings. The Balaban J connectivity index is 1.62. The van der Waals surface area contributed by atoms with Crippen LogP contribution in [0.5, 0.6) is 0 Å². The average Bonchev–Trinajstić information content (AvgIpc) is 2.93. The zero-order chi connectivity index (χ0) is 17.1. The van der Waals surface area contributed by atoms with E-state index in [9.17, 15) is 13.6 Å². The van der Waals surface area contributed by atoms with Gasteiger partial charge in [0.1, 0.15) is 11.6 Å². The first-order chi connectivity index (χ1) is 11.5. The summed E-state index contributed by atoms with van der Waals surface area (Å²) in [5.41, 5.74) is 0.837. The topological polar surface area (TPSA) is 45.2 Å². The molecule has 128 valence electrons. The molecule has 1 amide bonds. The number of carbonyl (C=O) groups is 1. The molecular weight excluding hydrogens is 332 g/mol. The van der Waals surface area contributed by atoms with Crippen molar-refractivity contribution in [2.24, 2.45) is 5.92 Å². The third-order valence-corrected chi connectivity index (χ3v) is 4.83. The lowest BCUT2D eigenvalue weighted by atomic mass is 10.0.